The summed E-state index contributed by atoms with van der Waals surface area (Å²) in [7, 11) is 0. The van der Waals surface area contributed by atoms with Crippen LogP contribution >= 0.6 is 0 Å². The zero-order valence-corrected chi connectivity index (χ0v) is 11.6. The van der Waals surface area contributed by atoms with Gasteiger partial charge in [0.2, 0.25) is 0 Å². The van der Waals surface area contributed by atoms with Gasteiger partial charge in [-0.3, -0.25) is 0 Å². The number of aromatic hydroxyl groups is 1. The summed E-state index contributed by atoms with van der Waals surface area (Å²) < 4.78 is 2.10. The number of hydrogen-bond acceptors (Lipinski definition) is 3. The third-order valence-electron chi connectivity index (χ3n) is 3.99. The van der Waals surface area contributed by atoms with Gasteiger partial charge in [0.25, 0.3) is 0 Å². The highest BCUT2D eigenvalue weighted by molar-refractivity contribution is 5.38. The second-order valence-electron chi connectivity index (χ2n) is 5.44. The Labute approximate surface area is 119 Å². The van der Waals surface area contributed by atoms with E-state index < -0.39 is 0 Å². The van der Waals surface area contributed by atoms with Crippen LogP contribution in [0.3, 0.4) is 0 Å². The molecule has 0 spiro atoms. The molecule has 1 atom stereocenters. The Morgan fingerprint density at radius 1 is 1.40 bits per heavy atom. The first-order valence-corrected chi connectivity index (χ1v) is 7.34. The third-order valence-corrected chi connectivity index (χ3v) is 3.99. The Kier molecular flexibility index (Phi) is 4.02. The molecule has 2 aromatic rings. The lowest BCUT2D eigenvalue weighted by molar-refractivity contribution is 0.437. The van der Waals surface area contributed by atoms with Crippen LogP contribution < -0.4 is 5.32 Å². The first kappa shape index (κ1) is 13.2. The van der Waals surface area contributed by atoms with E-state index in [0.29, 0.717) is 11.8 Å². The molecule has 0 radical (unpaired) electrons. The monoisotopic (exact) mass is 271 g/mol. The van der Waals surface area contributed by atoms with Crippen LogP contribution in [-0.2, 0) is 13.0 Å². The van der Waals surface area contributed by atoms with Gasteiger partial charge in [-0.2, -0.15) is 0 Å². The van der Waals surface area contributed by atoms with E-state index in [1.807, 2.05) is 24.8 Å². The van der Waals surface area contributed by atoms with Crippen LogP contribution in [0.1, 0.15) is 36.4 Å². The minimum Gasteiger partial charge on any atom is -0.508 e. The number of phenols is 1. The predicted octanol–water partition coefficient (Wildman–Crippen LogP) is 2.65. The van der Waals surface area contributed by atoms with E-state index in [1.165, 1.54) is 17.5 Å². The number of aromatic nitrogens is 2. The molecule has 0 saturated carbocycles. The number of hydrogen-bond donors (Lipinski definition) is 2. The highest BCUT2D eigenvalue weighted by Crippen LogP contribution is 2.31. The van der Waals surface area contributed by atoms with Crippen LogP contribution in [0.25, 0.3) is 0 Å². The summed E-state index contributed by atoms with van der Waals surface area (Å²) >= 11 is 0. The number of imidazole rings is 1. The normalized spacial score (nSPS) is 17.9. The van der Waals surface area contributed by atoms with E-state index in [-0.39, 0.29) is 0 Å². The molecule has 1 aliphatic carbocycles. The summed E-state index contributed by atoms with van der Waals surface area (Å²) in [5.74, 6) is 0.371. The summed E-state index contributed by atoms with van der Waals surface area (Å²) in [6.07, 6.45) is 10.2. The fourth-order valence-corrected chi connectivity index (χ4v) is 2.96. The highest BCUT2D eigenvalue weighted by Gasteiger charge is 2.19. The number of phenolic OH excluding ortho intramolecular Hbond substituents is 1. The number of rotatable bonds is 5. The summed E-state index contributed by atoms with van der Waals surface area (Å²) in [6, 6.07) is 6.15. The van der Waals surface area contributed by atoms with Gasteiger partial charge in [-0.15, -0.1) is 0 Å². The van der Waals surface area contributed by atoms with Gasteiger partial charge in [0.05, 0.1) is 6.33 Å². The molecule has 0 bridgehead atoms. The summed E-state index contributed by atoms with van der Waals surface area (Å²) in [4.78, 5) is 4.04. The number of fused-ring (bicyclic) bond motifs is 1. The van der Waals surface area contributed by atoms with Crippen molar-refractivity contribution in [3.63, 3.8) is 0 Å². The summed E-state index contributed by atoms with van der Waals surface area (Å²) in [6.45, 7) is 1.98. The molecule has 0 amide bonds. The second kappa shape index (κ2) is 6.09. The Morgan fingerprint density at radius 3 is 3.20 bits per heavy atom. The molecule has 1 aromatic heterocycles. The summed E-state index contributed by atoms with van der Waals surface area (Å²) in [5.41, 5.74) is 2.65. The predicted molar refractivity (Wildman–Crippen MR) is 78.6 cm³/mol. The van der Waals surface area contributed by atoms with E-state index in [0.717, 1.165) is 32.4 Å². The van der Waals surface area contributed by atoms with Gasteiger partial charge in [0.1, 0.15) is 5.75 Å². The molecule has 20 heavy (non-hydrogen) atoms. The molecule has 0 fully saturated rings. The molecular formula is C16H21N3O. The van der Waals surface area contributed by atoms with Gasteiger partial charge >= 0.3 is 0 Å². The molecule has 2 N–H and O–H groups in total. The average molecular weight is 271 g/mol. The molecule has 1 unspecified atom stereocenters. The minimum atomic E-state index is 0.371. The van der Waals surface area contributed by atoms with Crippen LogP contribution in [0.15, 0.2) is 36.9 Å². The van der Waals surface area contributed by atoms with Crippen LogP contribution in [0.4, 0.5) is 0 Å². The smallest absolute Gasteiger partial charge is 0.115 e. The molecule has 4 nitrogen and oxygen atoms in total. The van der Waals surface area contributed by atoms with E-state index in [9.17, 15) is 5.11 Å². The number of aryl methyl sites for hydroxylation is 2. The zero-order chi connectivity index (χ0) is 13.8. The van der Waals surface area contributed by atoms with E-state index in [4.69, 9.17) is 0 Å². The van der Waals surface area contributed by atoms with Crippen LogP contribution in [0.5, 0.6) is 5.75 Å². The maximum absolute atomic E-state index is 9.66. The fraction of sp³-hybridized carbons (Fsp3) is 0.438. The number of benzene rings is 1. The minimum absolute atomic E-state index is 0.371. The lowest BCUT2D eigenvalue weighted by atomic mass is 9.87. The zero-order valence-electron chi connectivity index (χ0n) is 11.6. The van der Waals surface area contributed by atoms with E-state index in [2.05, 4.69) is 20.9 Å². The van der Waals surface area contributed by atoms with Crippen molar-refractivity contribution in [2.45, 2.75) is 38.3 Å². The first-order chi connectivity index (χ1) is 9.83. The SMILES string of the molecule is Oc1ccc2c(c1)C(NCCCn1ccnc1)CCC2. The van der Waals surface area contributed by atoms with Gasteiger partial charge < -0.3 is 15.0 Å². The van der Waals surface area contributed by atoms with Gasteiger partial charge in [0.15, 0.2) is 0 Å². The van der Waals surface area contributed by atoms with Crippen molar-refractivity contribution in [3.05, 3.63) is 48.0 Å². The Hall–Kier alpha value is -1.81. The lowest BCUT2D eigenvalue weighted by Crippen LogP contribution is -2.26. The van der Waals surface area contributed by atoms with Gasteiger partial charge in [-0.25, -0.2) is 4.98 Å². The second-order valence-corrected chi connectivity index (χ2v) is 5.44. The quantitative estimate of drug-likeness (QED) is 0.822. The maximum Gasteiger partial charge on any atom is 0.115 e. The Balaban J connectivity index is 1.55. The fourth-order valence-electron chi connectivity index (χ4n) is 2.96. The lowest BCUT2D eigenvalue weighted by Gasteiger charge is -2.26. The van der Waals surface area contributed by atoms with Crippen molar-refractivity contribution in [2.24, 2.45) is 0 Å². The van der Waals surface area contributed by atoms with Gasteiger partial charge in [-0.05, 0) is 55.5 Å². The summed E-state index contributed by atoms with van der Waals surface area (Å²) in [5, 5.41) is 13.3. The van der Waals surface area contributed by atoms with Crippen LogP contribution in [0.2, 0.25) is 0 Å². The number of nitrogens with one attached hydrogen (secondary N) is 1. The first-order valence-electron chi connectivity index (χ1n) is 7.34. The molecule has 1 heterocycles. The molecule has 0 saturated heterocycles. The molecule has 0 aliphatic heterocycles. The standard InChI is InChI=1S/C16H21N3O/c20-14-6-5-13-3-1-4-16(15(13)11-14)18-7-2-9-19-10-8-17-12-19/h5-6,8,10-12,16,18,20H,1-4,7,9H2. The Bertz CT molecular complexity index is 551. The van der Waals surface area contributed by atoms with Gasteiger partial charge in [0, 0.05) is 25.0 Å². The topological polar surface area (TPSA) is 50.1 Å². The van der Waals surface area contributed by atoms with Crippen molar-refractivity contribution in [1.29, 1.82) is 0 Å². The van der Waals surface area contributed by atoms with Crippen molar-refractivity contribution in [3.8, 4) is 5.75 Å². The molecule has 4 heteroatoms. The van der Waals surface area contributed by atoms with Crippen molar-refractivity contribution in [2.75, 3.05) is 6.54 Å². The average Bonchev–Trinajstić information content (AvgIpc) is 2.97. The van der Waals surface area contributed by atoms with Crippen molar-refractivity contribution in [1.82, 2.24) is 14.9 Å². The Morgan fingerprint density at radius 2 is 2.35 bits per heavy atom. The molecule has 1 aliphatic rings. The largest absolute Gasteiger partial charge is 0.508 e. The van der Waals surface area contributed by atoms with Crippen molar-refractivity contribution >= 4 is 0 Å². The third kappa shape index (κ3) is 3.02. The van der Waals surface area contributed by atoms with E-state index >= 15 is 0 Å². The molecule has 1 aromatic carbocycles. The molecule has 3 rings (SSSR count). The van der Waals surface area contributed by atoms with Gasteiger partial charge in [-0.1, -0.05) is 6.07 Å². The van der Waals surface area contributed by atoms with Crippen LogP contribution in [-0.4, -0.2) is 21.2 Å². The maximum atomic E-state index is 9.66. The number of nitrogens with zero attached hydrogens (tertiary/aromatic N) is 2. The van der Waals surface area contributed by atoms with Crippen molar-refractivity contribution < 1.29 is 5.11 Å². The highest BCUT2D eigenvalue weighted by atomic mass is 16.3. The molecule has 106 valence electrons. The van der Waals surface area contributed by atoms with Crippen LogP contribution in [0, 0.1) is 0 Å². The molecular weight excluding hydrogens is 250 g/mol. The van der Waals surface area contributed by atoms with E-state index in [1.54, 1.807) is 6.07 Å².